The molecule has 16 heavy (non-hydrogen) atoms. The van der Waals surface area contributed by atoms with Crippen molar-refractivity contribution in [3.05, 3.63) is 0 Å². The average Bonchev–Trinajstić information content (AvgIpc) is 2.60. The van der Waals surface area contributed by atoms with E-state index in [1.54, 1.807) is 0 Å². The molecule has 92 valence electrons. The van der Waals surface area contributed by atoms with Crippen LogP contribution in [0.25, 0.3) is 0 Å². The van der Waals surface area contributed by atoms with Crippen LogP contribution in [-0.2, 0) is 4.79 Å². The number of carboxylic acids is 1. The molecule has 0 aliphatic carbocycles. The second-order valence-electron chi connectivity index (χ2n) is 3.96. The number of hydrogen-bond donors (Lipinski definition) is 4. The largest absolute Gasteiger partial charge is 0.479 e. The van der Waals surface area contributed by atoms with Gasteiger partial charge in [0.15, 0.2) is 6.10 Å². The zero-order valence-electron chi connectivity index (χ0n) is 9.14. The lowest BCUT2D eigenvalue weighted by Gasteiger charge is -2.14. The first-order valence-electron chi connectivity index (χ1n) is 5.13. The Morgan fingerprint density at radius 3 is 2.75 bits per heavy atom. The molecular weight excluding hydrogens is 214 g/mol. The molecule has 0 aromatic heterocycles. The number of likely N-dealkylation sites (tertiary alicyclic amines) is 1. The van der Waals surface area contributed by atoms with E-state index >= 15 is 0 Å². The lowest BCUT2D eigenvalue weighted by atomic mass is 10.3. The van der Waals surface area contributed by atoms with Crippen molar-refractivity contribution in [2.45, 2.75) is 18.6 Å². The molecule has 7 heteroatoms. The number of aliphatic carboxylic acids is 1. The van der Waals surface area contributed by atoms with E-state index in [9.17, 15) is 9.59 Å². The smallest absolute Gasteiger partial charge is 0.334 e. The van der Waals surface area contributed by atoms with E-state index in [-0.39, 0.29) is 12.6 Å². The van der Waals surface area contributed by atoms with Gasteiger partial charge < -0.3 is 25.7 Å². The summed E-state index contributed by atoms with van der Waals surface area (Å²) >= 11 is 0. The molecule has 0 saturated carbocycles. The Hall–Kier alpha value is -1.34. The summed E-state index contributed by atoms with van der Waals surface area (Å²) < 4.78 is 0. The standard InChI is InChI=1S/C9H17N3O4/c1-12-3-2-6(5-12)11-9(16)10-4-7(13)8(14)15/h6-7,13H,2-5H2,1H3,(H,14,15)(H2,10,11,16). The first-order valence-corrected chi connectivity index (χ1v) is 5.13. The Labute approximate surface area is 93.4 Å². The number of carbonyl (C=O) groups excluding carboxylic acids is 1. The number of carbonyl (C=O) groups is 2. The van der Waals surface area contributed by atoms with Crippen LogP contribution in [0.3, 0.4) is 0 Å². The van der Waals surface area contributed by atoms with Gasteiger partial charge in [0.1, 0.15) is 0 Å². The minimum atomic E-state index is -1.56. The molecule has 0 aromatic rings. The highest BCUT2D eigenvalue weighted by atomic mass is 16.4. The second kappa shape index (κ2) is 5.66. The van der Waals surface area contributed by atoms with Crippen LogP contribution in [0, 0.1) is 0 Å². The zero-order valence-corrected chi connectivity index (χ0v) is 9.14. The summed E-state index contributed by atoms with van der Waals surface area (Å²) in [5, 5.41) is 22.3. The van der Waals surface area contributed by atoms with Crippen molar-refractivity contribution in [3.63, 3.8) is 0 Å². The van der Waals surface area contributed by atoms with Gasteiger partial charge in [-0.1, -0.05) is 0 Å². The van der Waals surface area contributed by atoms with Crippen LogP contribution in [0.5, 0.6) is 0 Å². The molecule has 7 nitrogen and oxygen atoms in total. The molecule has 2 atom stereocenters. The van der Waals surface area contributed by atoms with E-state index < -0.39 is 18.1 Å². The van der Waals surface area contributed by atoms with Crippen LogP contribution in [0.1, 0.15) is 6.42 Å². The number of likely N-dealkylation sites (N-methyl/N-ethyl adjacent to an activating group) is 1. The topological polar surface area (TPSA) is 102 Å². The van der Waals surface area contributed by atoms with Crippen molar-refractivity contribution in [1.82, 2.24) is 15.5 Å². The van der Waals surface area contributed by atoms with Gasteiger partial charge in [0, 0.05) is 12.6 Å². The van der Waals surface area contributed by atoms with Gasteiger partial charge in [-0.15, -0.1) is 0 Å². The van der Waals surface area contributed by atoms with Crippen LogP contribution < -0.4 is 10.6 Å². The van der Waals surface area contributed by atoms with E-state index in [4.69, 9.17) is 10.2 Å². The Morgan fingerprint density at radius 2 is 2.25 bits per heavy atom. The number of nitrogens with one attached hydrogen (secondary N) is 2. The molecule has 1 saturated heterocycles. The van der Waals surface area contributed by atoms with Gasteiger partial charge in [0.05, 0.1) is 6.54 Å². The third-order valence-electron chi connectivity index (χ3n) is 2.47. The van der Waals surface area contributed by atoms with Crippen LogP contribution in [0.2, 0.25) is 0 Å². The van der Waals surface area contributed by atoms with Gasteiger partial charge in [0.2, 0.25) is 0 Å². The molecule has 1 aliphatic rings. The minimum Gasteiger partial charge on any atom is -0.479 e. The van der Waals surface area contributed by atoms with E-state index in [1.165, 1.54) is 0 Å². The Bertz CT molecular complexity index is 271. The normalized spacial score (nSPS) is 22.8. The summed E-state index contributed by atoms with van der Waals surface area (Å²) in [7, 11) is 1.97. The number of hydrogen-bond acceptors (Lipinski definition) is 4. The molecule has 0 aromatic carbocycles. The van der Waals surface area contributed by atoms with Crippen molar-refractivity contribution >= 4 is 12.0 Å². The van der Waals surface area contributed by atoms with Crippen LogP contribution >= 0.6 is 0 Å². The number of aliphatic hydroxyl groups excluding tert-OH is 1. The lowest BCUT2D eigenvalue weighted by molar-refractivity contribution is -0.146. The van der Waals surface area contributed by atoms with Crippen LogP contribution in [0.15, 0.2) is 0 Å². The minimum absolute atomic E-state index is 0.0898. The summed E-state index contributed by atoms with van der Waals surface area (Å²) in [6, 6.07) is -0.354. The molecule has 0 radical (unpaired) electrons. The van der Waals surface area contributed by atoms with Gasteiger partial charge in [-0.05, 0) is 20.0 Å². The summed E-state index contributed by atoms with van der Waals surface area (Å²) in [6.07, 6.45) is -0.678. The first-order chi connectivity index (χ1) is 7.49. The van der Waals surface area contributed by atoms with E-state index in [0.717, 1.165) is 19.5 Å². The molecule has 1 heterocycles. The first kappa shape index (κ1) is 12.7. The zero-order chi connectivity index (χ0) is 12.1. The quantitative estimate of drug-likeness (QED) is 0.468. The Morgan fingerprint density at radius 1 is 1.56 bits per heavy atom. The van der Waals surface area contributed by atoms with E-state index in [1.807, 2.05) is 7.05 Å². The fourth-order valence-corrected chi connectivity index (χ4v) is 1.57. The van der Waals surface area contributed by atoms with Crippen molar-refractivity contribution in [2.24, 2.45) is 0 Å². The number of nitrogens with zero attached hydrogens (tertiary/aromatic N) is 1. The van der Waals surface area contributed by atoms with Gasteiger partial charge in [0.25, 0.3) is 0 Å². The second-order valence-corrected chi connectivity index (χ2v) is 3.96. The van der Waals surface area contributed by atoms with Crippen molar-refractivity contribution in [3.8, 4) is 0 Å². The monoisotopic (exact) mass is 231 g/mol. The molecule has 2 unspecified atom stereocenters. The van der Waals surface area contributed by atoms with E-state index in [2.05, 4.69) is 15.5 Å². The van der Waals surface area contributed by atoms with Gasteiger partial charge in [-0.25, -0.2) is 9.59 Å². The van der Waals surface area contributed by atoms with Crippen molar-refractivity contribution in [2.75, 3.05) is 26.7 Å². The average molecular weight is 231 g/mol. The van der Waals surface area contributed by atoms with Crippen LogP contribution in [-0.4, -0.2) is 65.9 Å². The molecule has 1 fully saturated rings. The predicted molar refractivity (Wildman–Crippen MR) is 56.1 cm³/mol. The summed E-state index contributed by atoms with van der Waals surface area (Å²) in [5.41, 5.74) is 0. The highest BCUT2D eigenvalue weighted by Crippen LogP contribution is 2.05. The van der Waals surface area contributed by atoms with E-state index in [0.29, 0.717) is 0 Å². The maximum Gasteiger partial charge on any atom is 0.334 e. The van der Waals surface area contributed by atoms with Gasteiger partial charge >= 0.3 is 12.0 Å². The number of carboxylic acid groups (broad SMARTS) is 1. The molecule has 1 aliphatic heterocycles. The number of urea groups is 1. The summed E-state index contributed by atoms with van der Waals surface area (Å²) in [4.78, 5) is 23.7. The third-order valence-corrected chi connectivity index (χ3v) is 2.47. The molecule has 4 N–H and O–H groups in total. The molecule has 0 bridgehead atoms. The fourth-order valence-electron chi connectivity index (χ4n) is 1.57. The number of rotatable bonds is 4. The predicted octanol–water partition coefficient (Wildman–Crippen LogP) is -1.56. The summed E-state index contributed by atoms with van der Waals surface area (Å²) in [6.45, 7) is 1.43. The van der Waals surface area contributed by atoms with Gasteiger partial charge in [-0.2, -0.15) is 0 Å². The molecular formula is C9H17N3O4. The molecule has 0 spiro atoms. The molecule has 1 rings (SSSR count). The fraction of sp³-hybridized carbons (Fsp3) is 0.778. The van der Waals surface area contributed by atoms with Crippen molar-refractivity contribution < 1.29 is 19.8 Å². The lowest BCUT2D eigenvalue weighted by Crippen LogP contribution is -2.46. The highest BCUT2D eigenvalue weighted by Gasteiger charge is 2.21. The number of aliphatic hydroxyl groups is 1. The number of amides is 2. The highest BCUT2D eigenvalue weighted by molar-refractivity contribution is 5.76. The maximum absolute atomic E-state index is 11.3. The summed E-state index contributed by atoms with van der Waals surface area (Å²) in [5.74, 6) is -1.35. The SMILES string of the molecule is CN1CCC(NC(=O)NCC(O)C(=O)O)C1. The Balaban J connectivity index is 2.18. The Kier molecular flexibility index (Phi) is 4.51. The maximum atomic E-state index is 11.3. The van der Waals surface area contributed by atoms with Crippen molar-refractivity contribution in [1.29, 1.82) is 0 Å². The van der Waals surface area contributed by atoms with Gasteiger partial charge in [-0.3, -0.25) is 0 Å². The molecule has 2 amide bonds. The third kappa shape index (κ3) is 4.03. The van der Waals surface area contributed by atoms with Crippen LogP contribution in [0.4, 0.5) is 4.79 Å².